The molecule has 1 aliphatic heterocycles. The van der Waals surface area contributed by atoms with Gasteiger partial charge in [-0.05, 0) is 31.6 Å². The number of ether oxygens (including phenoxy) is 1. The van der Waals surface area contributed by atoms with Gasteiger partial charge in [-0.15, -0.1) is 0 Å². The third-order valence-corrected chi connectivity index (χ3v) is 2.33. The molecule has 1 aliphatic rings. The fraction of sp³-hybridized carbons (Fsp3) is 1.00. The normalized spacial score (nSPS) is 23.2. The zero-order valence-electron chi connectivity index (χ0n) is 8.09. The Morgan fingerprint density at radius 1 is 1.42 bits per heavy atom. The Balaban J connectivity index is 1.81. The van der Waals surface area contributed by atoms with Crippen molar-refractivity contribution in [3.63, 3.8) is 0 Å². The average molecular weight is 170 g/mol. The smallest absolute Gasteiger partial charge is 0.0466 e. The first-order valence-electron chi connectivity index (χ1n) is 5.14. The van der Waals surface area contributed by atoms with Crippen LogP contribution in [0, 0.1) is 5.92 Å². The maximum absolute atomic E-state index is 5.41. The molecule has 0 aromatic carbocycles. The molecular weight excluding hydrogens is 150 g/mol. The second-order valence-corrected chi connectivity index (χ2v) is 3.54. The van der Waals surface area contributed by atoms with Gasteiger partial charge in [0.25, 0.3) is 0 Å². The van der Waals surface area contributed by atoms with Crippen molar-refractivity contribution >= 4 is 0 Å². The van der Waals surface area contributed by atoms with Gasteiger partial charge in [-0.2, -0.15) is 0 Å². The van der Waals surface area contributed by atoms with E-state index in [0.717, 1.165) is 38.6 Å². The molecule has 12 heavy (non-hydrogen) atoms. The minimum Gasteiger partial charge on any atom is -0.381 e. The molecule has 0 spiro atoms. The summed E-state index contributed by atoms with van der Waals surface area (Å²) >= 11 is 0. The van der Waals surface area contributed by atoms with Crippen LogP contribution in [0.2, 0.25) is 0 Å². The number of nitrogens with zero attached hydrogens (tertiary/aromatic N) is 1. The van der Waals surface area contributed by atoms with E-state index < -0.39 is 0 Å². The lowest BCUT2D eigenvalue weighted by Crippen LogP contribution is -2.04. The van der Waals surface area contributed by atoms with Gasteiger partial charge in [-0.3, -0.25) is 0 Å². The third-order valence-electron chi connectivity index (χ3n) is 2.33. The van der Waals surface area contributed by atoms with Gasteiger partial charge in [0.15, 0.2) is 0 Å². The van der Waals surface area contributed by atoms with Crippen LogP contribution < -0.4 is 5.32 Å². The monoisotopic (exact) mass is 170 g/mol. The number of rotatable bonds is 6. The molecule has 1 unspecified atom stereocenters. The second kappa shape index (κ2) is 6.44. The van der Waals surface area contributed by atoms with Gasteiger partial charge in [-0.1, -0.05) is 6.92 Å². The summed E-state index contributed by atoms with van der Waals surface area (Å²) in [5, 5.41) is 4.34. The lowest BCUT2D eigenvalue weighted by Gasteiger charge is -2.07. The van der Waals surface area contributed by atoms with E-state index in [1.54, 1.807) is 0 Å². The third kappa shape index (κ3) is 4.07. The first-order valence-corrected chi connectivity index (χ1v) is 5.14. The van der Waals surface area contributed by atoms with Crippen LogP contribution in [0.25, 0.3) is 0 Å². The van der Waals surface area contributed by atoms with Crippen LogP contribution in [0.4, 0.5) is 0 Å². The van der Waals surface area contributed by atoms with Crippen molar-refractivity contribution in [2.45, 2.75) is 32.6 Å². The van der Waals surface area contributed by atoms with Gasteiger partial charge in [0.1, 0.15) is 0 Å². The quantitative estimate of drug-likeness (QED) is 0.558. The van der Waals surface area contributed by atoms with Crippen LogP contribution in [0.1, 0.15) is 32.6 Å². The minimum absolute atomic E-state index is 0.871. The molecule has 1 rings (SSSR count). The molecule has 0 aromatic heterocycles. The number of hydrogen-bond acceptors (Lipinski definition) is 1. The molecular formula is C10H20NO. The summed E-state index contributed by atoms with van der Waals surface area (Å²) in [6, 6.07) is 0. The average Bonchev–Trinajstić information content (AvgIpc) is 2.57. The van der Waals surface area contributed by atoms with Crippen LogP contribution in [-0.2, 0) is 4.74 Å². The topological polar surface area (TPSA) is 23.3 Å². The van der Waals surface area contributed by atoms with E-state index in [9.17, 15) is 0 Å². The van der Waals surface area contributed by atoms with Crippen molar-refractivity contribution < 1.29 is 4.74 Å². The SMILES string of the molecule is CCCOCCCC1CC[N]C1. The zero-order valence-corrected chi connectivity index (χ0v) is 8.09. The highest BCUT2D eigenvalue weighted by Gasteiger charge is 2.14. The summed E-state index contributed by atoms with van der Waals surface area (Å²) in [6.45, 7) is 6.23. The van der Waals surface area contributed by atoms with Crippen molar-refractivity contribution in [2.75, 3.05) is 26.3 Å². The van der Waals surface area contributed by atoms with Crippen molar-refractivity contribution in [1.29, 1.82) is 0 Å². The standard InChI is InChI=1S/C10H20NO/c1-2-7-12-8-3-4-10-5-6-11-9-10/h10H,2-9H2,1H3. The summed E-state index contributed by atoms with van der Waals surface area (Å²) in [7, 11) is 0. The van der Waals surface area contributed by atoms with Crippen molar-refractivity contribution in [3.8, 4) is 0 Å². The van der Waals surface area contributed by atoms with Gasteiger partial charge in [0.05, 0.1) is 0 Å². The van der Waals surface area contributed by atoms with E-state index in [1.165, 1.54) is 19.3 Å². The highest BCUT2D eigenvalue weighted by Crippen LogP contribution is 2.14. The molecule has 0 bridgehead atoms. The van der Waals surface area contributed by atoms with E-state index in [0.29, 0.717) is 0 Å². The van der Waals surface area contributed by atoms with Crippen molar-refractivity contribution in [1.82, 2.24) is 5.32 Å². The van der Waals surface area contributed by atoms with Gasteiger partial charge in [0.2, 0.25) is 0 Å². The maximum Gasteiger partial charge on any atom is 0.0466 e. The van der Waals surface area contributed by atoms with Gasteiger partial charge >= 0.3 is 0 Å². The predicted octanol–water partition coefficient (Wildman–Crippen LogP) is 1.82. The van der Waals surface area contributed by atoms with Crippen molar-refractivity contribution in [3.05, 3.63) is 0 Å². The molecule has 1 saturated heterocycles. The fourth-order valence-corrected chi connectivity index (χ4v) is 1.60. The van der Waals surface area contributed by atoms with E-state index in [4.69, 9.17) is 4.74 Å². The molecule has 0 saturated carbocycles. The van der Waals surface area contributed by atoms with Crippen LogP contribution in [0.5, 0.6) is 0 Å². The molecule has 0 aromatic rings. The Kier molecular flexibility index (Phi) is 5.37. The number of hydrogen-bond donors (Lipinski definition) is 0. The molecule has 2 heteroatoms. The molecule has 0 N–H and O–H groups in total. The van der Waals surface area contributed by atoms with E-state index in [-0.39, 0.29) is 0 Å². The minimum atomic E-state index is 0.871. The molecule has 0 amide bonds. The van der Waals surface area contributed by atoms with Crippen LogP contribution in [0.15, 0.2) is 0 Å². The summed E-state index contributed by atoms with van der Waals surface area (Å²) in [5.41, 5.74) is 0. The largest absolute Gasteiger partial charge is 0.381 e. The Bertz CT molecular complexity index is 100. The summed E-state index contributed by atoms with van der Waals surface area (Å²) in [5.74, 6) is 0.871. The van der Waals surface area contributed by atoms with E-state index in [1.807, 2.05) is 0 Å². The fourth-order valence-electron chi connectivity index (χ4n) is 1.60. The van der Waals surface area contributed by atoms with Crippen LogP contribution in [0.3, 0.4) is 0 Å². The second-order valence-electron chi connectivity index (χ2n) is 3.54. The molecule has 1 atom stereocenters. The Morgan fingerprint density at radius 2 is 2.33 bits per heavy atom. The summed E-state index contributed by atoms with van der Waals surface area (Å²) < 4.78 is 5.41. The molecule has 0 aliphatic carbocycles. The molecule has 1 radical (unpaired) electrons. The molecule has 2 nitrogen and oxygen atoms in total. The lowest BCUT2D eigenvalue weighted by molar-refractivity contribution is 0.128. The lowest BCUT2D eigenvalue weighted by atomic mass is 10.0. The highest BCUT2D eigenvalue weighted by molar-refractivity contribution is 4.70. The van der Waals surface area contributed by atoms with Crippen molar-refractivity contribution in [2.24, 2.45) is 5.92 Å². The molecule has 71 valence electrons. The summed E-state index contributed by atoms with van der Waals surface area (Å²) in [6.07, 6.45) is 4.99. The Morgan fingerprint density at radius 3 is 3.00 bits per heavy atom. The van der Waals surface area contributed by atoms with Gasteiger partial charge in [-0.25, -0.2) is 5.32 Å². The van der Waals surface area contributed by atoms with Crippen LogP contribution in [-0.4, -0.2) is 26.3 Å². The zero-order chi connectivity index (χ0) is 8.65. The highest BCUT2D eigenvalue weighted by atomic mass is 16.5. The van der Waals surface area contributed by atoms with Crippen LogP contribution >= 0.6 is 0 Å². The van der Waals surface area contributed by atoms with Gasteiger partial charge < -0.3 is 4.74 Å². The maximum atomic E-state index is 5.41. The first kappa shape index (κ1) is 10.0. The predicted molar refractivity (Wildman–Crippen MR) is 50.3 cm³/mol. The van der Waals surface area contributed by atoms with Gasteiger partial charge in [0, 0.05) is 26.3 Å². The Labute approximate surface area is 75.7 Å². The van der Waals surface area contributed by atoms with E-state index in [2.05, 4.69) is 12.2 Å². The Hall–Kier alpha value is -0.0800. The molecule has 1 fully saturated rings. The van der Waals surface area contributed by atoms with E-state index >= 15 is 0 Å². The molecule has 1 heterocycles. The summed E-state index contributed by atoms with van der Waals surface area (Å²) in [4.78, 5) is 0. The first-order chi connectivity index (χ1) is 5.93.